The molecule has 1 aromatic heterocycles. The van der Waals surface area contributed by atoms with Gasteiger partial charge in [0, 0.05) is 6.04 Å². The van der Waals surface area contributed by atoms with Crippen molar-refractivity contribution < 1.29 is 0 Å². The summed E-state index contributed by atoms with van der Waals surface area (Å²) in [5, 5.41) is 0. The molecule has 2 unspecified atom stereocenters. The zero-order chi connectivity index (χ0) is 14.2. The lowest BCUT2D eigenvalue weighted by molar-refractivity contribution is 0.356. The maximum atomic E-state index is 6.44. The van der Waals surface area contributed by atoms with Crippen LogP contribution in [0, 0.1) is 5.41 Å². The van der Waals surface area contributed by atoms with Crippen molar-refractivity contribution in [3.8, 4) is 0 Å². The van der Waals surface area contributed by atoms with E-state index < -0.39 is 0 Å². The number of aromatic nitrogens is 2. The SMILES string of the molecule is CC1(C)CCC(n2cncc2C(N)c2ccccc2)C1. The standard InChI is InChI=1S/C17H23N3/c1-17(2)9-8-14(10-17)20-12-19-11-15(20)16(18)13-6-4-3-5-7-13/h3-7,11-12,14,16H,8-10,18H2,1-2H3. The van der Waals surface area contributed by atoms with Crippen LogP contribution in [0.2, 0.25) is 0 Å². The minimum Gasteiger partial charge on any atom is -0.330 e. The Morgan fingerprint density at radius 2 is 2.05 bits per heavy atom. The first-order valence-electron chi connectivity index (χ1n) is 7.39. The fourth-order valence-corrected chi connectivity index (χ4v) is 3.33. The van der Waals surface area contributed by atoms with Gasteiger partial charge >= 0.3 is 0 Å². The van der Waals surface area contributed by atoms with Crippen LogP contribution >= 0.6 is 0 Å². The van der Waals surface area contributed by atoms with E-state index in [1.54, 1.807) is 0 Å². The molecule has 1 heterocycles. The number of hydrogen-bond donors (Lipinski definition) is 1. The van der Waals surface area contributed by atoms with Gasteiger partial charge in [-0.2, -0.15) is 0 Å². The van der Waals surface area contributed by atoms with Crippen LogP contribution in [0.4, 0.5) is 0 Å². The van der Waals surface area contributed by atoms with Gasteiger partial charge in [-0.25, -0.2) is 4.98 Å². The lowest BCUT2D eigenvalue weighted by Crippen LogP contribution is -2.19. The number of hydrogen-bond acceptors (Lipinski definition) is 2. The third-order valence-corrected chi connectivity index (χ3v) is 4.51. The molecule has 0 amide bonds. The van der Waals surface area contributed by atoms with Crippen LogP contribution in [0.5, 0.6) is 0 Å². The minimum atomic E-state index is -0.0950. The molecule has 106 valence electrons. The quantitative estimate of drug-likeness (QED) is 0.923. The monoisotopic (exact) mass is 269 g/mol. The Labute approximate surface area is 120 Å². The van der Waals surface area contributed by atoms with Crippen LogP contribution < -0.4 is 5.73 Å². The summed E-state index contributed by atoms with van der Waals surface area (Å²) in [5.74, 6) is 0. The second-order valence-electron chi connectivity index (χ2n) is 6.67. The van der Waals surface area contributed by atoms with Crippen molar-refractivity contribution in [1.29, 1.82) is 0 Å². The summed E-state index contributed by atoms with van der Waals surface area (Å²) in [6.45, 7) is 4.70. The summed E-state index contributed by atoms with van der Waals surface area (Å²) in [6, 6.07) is 10.7. The van der Waals surface area contributed by atoms with Gasteiger partial charge in [-0.1, -0.05) is 44.2 Å². The summed E-state index contributed by atoms with van der Waals surface area (Å²) >= 11 is 0. The van der Waals surface area contributed by atoms with E-state index in [2.05, 4.69) is 35.5 Å². The summed E-state index contributed by atoms with van der Waals surface area (Å²) in [7, 11) is 0. The Hall–Kier alpha value is -1.61. The molecule has 2 atom stereocenters. The summed E-state index contributed by atoms with van der Waals surface area (Å²) < 4.78 is 2.30. The predicted octanol–water partition coefficient (Wildman–Crippen LogP) is 3.68. The van der Waals surface area contributed by atoms with E-state index in [1.165, 1.54) is 19.3 Å². The van der Waals surface area contributed by atoms with Crippen molar-refractivity contribution in [1.82, 2.24) is 9.55 Å². The molecular formula is C17H23N3. The van der Waals surface area contributed by atoms with Crippen LogP contribution in [-0.4, -0.2) is 9.55 Å². The minimum absolute atomic E-state index is 0.0950. The first kappa shape index (κ1) is 13.4. The highest BCUT2D eigenvalue weighted by Gasteiger charge is 2.33. The predicted molar refractivity (Wildman–Crippen MR) is 81.4 cm³/mol. The number of imidazole rings is 1. The Balaban J connectivity index is 1.87. The average molecular weight is 269 g/mol. The van der Waals surface area contributed by atoms with Crippen molar-refractivity contribution in [2.45, 2.75) is 45.2 Å². The van der Waals surface area contributed by atoms with Gasteiger partial charge in [0.25, 0.3) is 0 Å². The first-order valence-corrected chi connectivity index (χ1v) is 7.39. The van der Waals surface area contributed by atoms with E-state index in [-0.39, 0.29) is 6.04 Å². The fourth-order valence-electron chi connectivity index (χ4n) is 3.33. The highest BCUT2D eigenvalue weighted by Crippen LogP contribution is 2.44. The number of nitrogens with zero attached hydrogens (tertiary/aromatic N) is 2. The zero-order valence-corrected chi connectivity index (χ0v) is 12.3. The second kappa shape index (κ2) is 5.06. The smallest absolute Gasteiger partial charge is 0.0951 e. The largest absolute Gasteiger partial charge is 0.330 e. The lowest BCUT2D eigenvalue weighted by Gasteiger charge is -2.22. The molecule has 1 saturated carbocycles. The topological polar surface area (TPSA) is 43.8 Å². The molecule has 0 spiro atoms. The van der Waals surface area contributed by atoms with Crippen LogP contribution in [0.25, 0.3) is 0 Å². The van der Waals surface area contributed by atoms with Crippen LogP contribution in [0.15, 0.2) is 42.9 Å². The third kappa shape index (κ3) is 2.50. The van der Waals surface area contributed by atoms with Crippen LogP contribution in [0.3, 0.4) is 0 Å². The van der Waals surface area contributed by atoms with Gasteiger partial charge in [0.05, 0.1) is 24.3 Å². The van der Waals surface area contributed by atoms with Crippen LogP contribution in [-0.2, 0) is 0 Å². The highest BCUT2D eigenvalue weighted by atomic mass is 15.1. The molecule has 1 aromatic carbocycles. The molecular weight excluding hydrogens is 246 g/mol. The van der Waals surface area contributed by atoms with Crippen molar-refractivity contribution >= 4 is 0 Å². The second-order valence-corrected chi connectivity index (χ2v) is 6.67. The Kier molecular flexibility index (Phi) is 3.38. The van der Waals surface area contributed by atoms with Gasteiger partial charge < -0.3 is 10.3 Å². The van der Waals surface area contributed by atoms with E-state index in [1.807, 2.05) is 30.7 Å². The molecule has 1 aliphatic carbocycles. The molecule has 20 heavy (non-hydrogen) atoms. The molecule has 1 aliphatic rings. The molecule has 3 nitrogen and oxygen atoms in total. The highest BCUT2D eigenvalue weighted by molar-refractivity contribution is 5.26. The molecule has 1 fully saturated rings. The van der Waals surface area contributed by atoms with Gasteiger partial charge in [0.1, 0.15) is 0 Å². The van der Waals surface area contributed by atoms with Gasteiger partial charge in [0.2, 0.25) is 0 Å². The normalized spacial score (nSPS) is 22.9. The molecule has 0 aliphatic heterocycles. The zero-order valence-electron chi connectivity index (χ0n) is 12.3. The van der Waals surface area contributed by atoms with E-state index >= 15 is 0 Å². The fraction of sp³-hybridized carbons (Fsp3) is 0.471. The molecule has 3 rings (SSSR count). The van der Waals surface area contributed by atoms with Crippen molar-refractivity contribution in [3.63, 3.8) is 0 Å². The Morgan fingerprint density at radius 1 is 1.30 bits per heavy atom. The third-order valence-electron chi connectivity index (χ3n) is 4.51. The number of benzene rings is 1. The van der Waals surface area contributed by atoms with E-state index in [4.69, 9.17) is 5.73 Å². The van der Waals surface area contributed by atoms with E-state index in [0.29, 0.717) is 11.5 Å². The average Bonchev–Trinajstić information content (AvgIpc) is 3.05. The Morgan fingerprint density at radius 3 is 2.70 bits per heavy atom. The Bertz CT molecular complexity index is 571. The molecule has 0 radical (unpaired) electrons. The van der Waals surface area contributed by atoms with E-state index in [0.717, 1.165) is 11.3 Å². The summed E-state index contributed by atoms with van der Waals surface area (Å²) in [4.78, 5) is 4.34. The maximum absolute atomic E-state index is 6.44. The number of nitrogens with two attached hydrogens (primary N) is 1. The van der Waals surface area contributed by atoms with E-state index in [9.17, 15) is 0 Å². The molecule has 0 bridgehead atoms. The molecule has 2 N–H and O–H groups in total. The molecule has 2 aromatic rings. The molecule has 0 saturated heterocycles. The summed E-state index contributed by atoms with van der Waals surface area (Å²) in [6.07, 6.45) is 7.57. The van der Waals surface area contributed by atoms with Crippen molar-refractivity contribution in [2.75, 3.05) is 0 Å². The van der Waals surface area contributed by atoms with Crippen LogP contribution in [0.1, 0.15) is 56.5 Å². The van der Waals surface area contributed by atoms with Gasteiger partial charge in [-0.3, -0.25) is 0 Å². The molecule has 3 heteroatoms. The summed E-state index contributed by atoms with van der Waals surface area (Å²) in [5.41, 5.74) is 9.14. The number of rotatable bonds is 3. The van der Waals surface area contributed by atoms with Gasteiger partial charge in [-0.05, 0) is 30.2 Å². The maximum Gasteiger partial charge on any atom is 0.0951 e. The first-order chi connectivity index (χ1) is 9.57. The van der Waals surface area contributed by atoms with Gasteiger partial charge in [0.15, 0.2) is 0 Å². The lowest BCUT2D eigenvalue weighted by atomic mass is 9.92. The van der Waals surface area contributed by atoms with Crippen molar-refractivity contribution in [2.24, 2.45) is 11.1 Å². The van der Waals surface area contributed by atoms with Gasteiger partial charge in [-0.15, -0.1) is 0 Å². The van der Waals surface area contributed by atoms with Crippen molar-refractivity contribution in [3.05, 3.63) is 54.1 Å².